The number of hydrogen-bond acceptors (Lipinski definition) is 4. The topological polar surface area (TPSA) is 56.5 Å². The fraction of sp³-hybridized carbons (Fsp3) is 1.00. The fourth-order valence-electron chi connectivity index (χ4n) is 0.998. The van der Waals surface area contributed by atoms with Crippen molar-refractivity contribution in [2.75, 3.05) is 26.4 Å². The zero-order chi connectivity index (χ0) is 12.4. The van der Waals surface area contributed by atoms with E-state index in [1.165, 1.54) is 0 Å². The van der Waals surface area contributed by atoms with Crippen molar-refractivity contribution >= 4 is 0 Å². The summed E-state index contributed by atoms with van der Waals surface area (Å²) in [5.41, 5.74) is 2.47. The number of nitrogens with one attached hydrogen (secondary N) is 1. The predicted octanol–water partition coefficient (Wildman–Crippen LogP) is 1.21. The van der Waals surface area contributed by atoms with Gasteiger partial charge in [0.15, 0.2) is 0 Å². The first-order valence-electron chi connectivity index (χ1n) is 5.18. The number of hydrogen-bond donors (Lipinski definition) is 2. The molecule has 0 aromatic rings. The van der Waals surface area contributed by atoms with Crippen molar-refractivity contribution in [3.05, 3.63) is 0 Å². The highest BCUT2D eigenvalue weighted by Gasteiger charge is 2.27. The third-order valence-corrected chi connectivity index (χ3v) is 1.78. The summed E-state index contributed by atoms with van der Waals surface area (Å²) < 4.78 is 44.8. The van der Waals surface area contributed by atoms with Crippen molar-refractivity contribution in [3.63, 3.8) is 0 Å². The number of halogens is 3. The maximum atomic E-state index is 11.7. The summed E-state index contributed by atoms with van der Waals surface area (Å²) in [4.78, 5) is 0. The minimum atomic E-state index is -4.27. The Labute approximate surface area is 93.2 Å². The van der Waals surface area contributed by atoms with Crippen molar-refractivity contribution in [2.24, 2.45) is 5.84 Å². The third-order valence-electron chi connectivity index (χ3n) is 1.78. The van der Waals surface area contributed by atoms with Crippen LogP contribution in [0.4, 0.5) is 13.2 Å². The van der Waals surface area contributed by atoms with Crippen molar-refractivity contribution in [3.8, 4) is 0 Å². The van der Waals surface area contributed by atoms with Crippen LogP contribution >= 0.6 is 0 Å². The van der Waals surface area contributed by atoms with Gasteiger partial charge in [0.1, 0.15) is 6.61 Å². The molecular formula is C9H19F3N2O2. The van der Waals surface area contributed by atoms with Crippen LogP contribution in [0.1, 0.15) is 19.8 Å². The van der Waals surface area contributed by atoms with Crippen LogP contribution in [0.5, 0.6) is 0 Å². The number of hydrazine groups is 1. The highest BCUT2D eigenvalue weighted by Crippen LogP contribution is 2.14. The quantitative estimate of drug-likeness (QED) is 0.364. The summed E-state index contributed by atoms with van der Waals surface area (Å²) in [6.45, 7) is 1.74. The number of nitrogens with two attached hydrogens (primary N) is 1. The van der Waals surface area contributed by atoms with Crippen LogP contribution in [-0.4, -0.2) is 38.6 Å². The van der Waals surface area contributed by atoms with Crippen molar-refractivity contribution < 1.29 is 22.6 Å². The van der Waals surface area contributed by atoms with E-state index < -0.39 is 12.8 Å². The minimum Gasteiger partial charge on any atom is -0.380 e. The standard InChI is InChI=1S/C9H19F3N2O2/c1-2-4-15-6-8(14-13)3-5-16-7-9(10,11)12/h8,14H,2-7,13H2,1H3. The van der Waals surface area contributed by atoms with E-state index in [4.69, 9.17) is 10.6 Å². The third kappa shape index (κ3) is 10.2. The largest absolute Gasteiger partial charge is 0.411 e. The van der Waals surface area contributed by atoms with Gasteiger partial charge >= 0.3 is 6.18 Å². The summed E-state index contributed by atoms with van der Waals surface area (Å²) in [7, 11) is 0. The molecule has 7 heteroatoms. The molecule has 3 N–H and O–H groups in total. The summed E-state index contributed by atoms with van der Waals surface area (Å²) in [6, 6.07) is -0.181. The van der Waals surface area contributed by atoms with Crippen molar-refractivity contribution in [1.29, 1.82) is 0 Å². The summed E-state index contributed by atoms with van der Waals surface area (Å²) in [5, 5.41) is 0. The molecule has 0 fully saturated rings. The average Bonchev–Trinajstić information content (AvgIpc) is 2.20. The monoisotopic (exact) mass is 244 g/mol. The molecule has 0 rings (SSSR count). The van der Waals surface area contributed by atoms with Gasteiger partial charge in [0.25, 0.3) is 0 Å². The fourth-order valence-corrected chi connectivity index (χ4v) is 0.998. The highest BCUT2D eigenvalue weighted by molar-refractivity contribution is 4.62. The SMILES string of the molecule is CCCOCC(CCOCC(F)(F)F)NN. The molecular weight excluding hydrogens is 225 g/mol. The van der Waals surface area contributed by atoms with E-state index in [-0.39, 0.29) is 12.6 Å². The van der Waals surface area contributed by atoms with Gasteiger partial charge < -0.3 is 9.47 Å². The van der Waals surface area contributed by atoms with Crippen LogP contribution in [0.3, 0.4) is 0 Å². The number of rotatable bonds is 9. The number of ether oxygens (including phenoxy) is 2. The molecule has 0 saturated carbocycles. The molecule has 0 bridgehead atoms. The molecule has 16 heavy (non-hydrogen) atoms. The molecule has 0 saturated heterocycles. The Morgan fingerprint density at radius 2 is 1.94 bits per heavy atom. The minimum absolute atomic E-state index is 0.00383. The molecule has 0 aliphatic rings. The molecule has 0 heterocycles. The van der Waals surface area contributed by atoms with Gasteiger partial charge in [0.05, 0.1) is 6.61 Å². The molecule has 0 radical (unpaired) electrons. The molecule has 0 aromatic heterocycles. The molecule has 0 aliphatic heterocycles. The van der Waals surface area contributed by atoms with Crippen LogP contribution in [0, 0.1) is 0 Å². The Balaban J connectivity index is 3.47. The lowest BCUT2D eigenvalue weighted by Gasteiger charge is -2.16. The first-order valence-corrected chi connectivity index (χ1v) is 5.18. The molecule has 1 atom stereocenters. The van der Waals surface area contributed by atoms with E-state index >= 15 is 0 Å². The molecule has 0 amide bonds. The van der Waals surface area contributed by atoms with Gasteiger partial charge in [-0.05, 0) is 12.8 Å². The zero-order valence-electron chi connectivity index (χ0n) is 9.35. The van der Waals surface area contributed by atoms with E-state index in [0.717, 1.165) is 6.42 Å². The van der Waals surface area contributed by atoms with E-state index in [1.807, 2.05) is 6.92 Å². The van der Waals surface area contributed by atoms with Crippen LogP contribution in [0.15, 0.2) is 0 Å². The van der Waals surface area contributed by atoms with Gasteiger partial charge in [-0.3, -0.25) is 11.3 Å². The Hall–Kier alpha value is -0.370. The first-order chi connectivity index (χ1) is 7.49. The Morgan fingerprint density at radius 3 is 2.44 bits per heavy atom. The second kappa shape index (κ2) is 8.74. The van der Waals surface area contributed by atoms with Crippen LogP contribution in [0.25, 0.3) is 0 Å². The molecule has 0 aromatic carbocycles. The van der Waals surface area contributed by atoms with Crippen LogP contribution in [0.2, 0.25) is 0 Å². The van der Waals surface area contributed by atoms with E-state index in [2.05, 4.69) is 10.2 Å². The Kier molecular flexibility index (Phi) is 8.54. The summed E-state index contributed by atoms with van der Waals surface area (Å²) in [5.74, 6) is 5.22. The molecule has 4 nitrogen and oxygen atoms in total. The predicted molar refractivity (Wildman–Crippen MR) is 53.7 cm³/mol. The smallest absolute Gasteiger partial charge is 0.380 e. The second-order valence-corrected chi connectivity index (χ2v) is 3.39. The molecule has 98 valence electrons. The van der Waals surface area contributed by atoms with Crippen LogP contribution in [-0.2, 0) is 9.47 Å². The van der Waals surface area contributed by atoms with E-state index in [9.17, 15) is 13.2 Å². The van der Waals surface area contributed by atoms with Gasteiger partial charge in [0, 0.05) is 19.3 Å². The zero-order valence-corrected chi connectivity index (χ0v) is 9.35. The summed E-state index contributed by atoms with van der Waals surface area (Å²) in [6.07, 6.45) is -3.00. The van der Waals surface area contributed by atoms with Gasteiger partial charge in [0.2, 0.25) is 0 Å². The summed E-state index contributed by atoms with van der Waals surface area (Å²) >= 11 is 0. The first kappa shape index (κ1) is 15.6. The molecule has 0 spiro atoms. The molecule has 0 aliphatic carbocycles. The second-order valence-electron chi connectivity index (χ2n) is 3.39. The van der Waals surface area contributed by atoms with E-state index in [1.54, 1.807) is 0 Å². The van der Waals surface area contributed by atoms with Gasteiger partial charge in [-0.1, -0.05) is 6.92 Å². The Bertz CT molecular complexity index is 167. The van der Waals surface area contributed by atoms with E-state index in [0.29, 0.717) is 19.6 Å². The van der Waals surface area contributed by atoms with Crippen LogP contribution < -0.4 is 11.3 Å². The van der Waals surface area contributed by atoms with Crippen molar-refractivity contribution in [1.82, 2.24) is 5.43 Å². The maximum absolute atomic E-state index is 11.7. The lowest BCUT2D eigenvalue weighted by atomic mass is 10.2. The van der Waals surface area contributed by atoms with Gasteiger partial charge in [-0.15, -0.1) is 0 Å². The number of alkyl halides is 3. The molecule has 1 unspecified atom stereocenters. The lowest BCUT2D eigenvalue weighted by Crippen LogP contribution is -2.39. The Morgan fingerprint density at radius 1 is 1.25 bits per heavy atom. The van der Waals surface area contributed by atoms with Gasteiger partial charge in [-0.2, -0.15) is 13.2 Å². The average molecular weight is 244 g/mol. The van der Waals surface area contributed by atoms with Crippen molar-refractivity contribution in [2.45, 2.75) is 32.0 Å². The highest BCUT2D eigenvalue weighted by atomic mass is 19.4. The lowest BCUT2D eigenvalue weighted by molar-refractivity contribution is -0.174. The van der Waals surface area contributed by atoms with Gasteiger partial charge in [-0.25, -0.2) is 0 Å². The normalized spacial score (nSPS) is 14.1. The maximum Gasteiger partial charge on any atom is 0.411 e.